The van der Waals surface area contributed by atoms with E-state index >= 15 is 4.39 Å². The fourth-order valence-electron chi connectivity index (χ4n) is 3.94. The number of benzene rings is 1. The molecule has 0 N–H and O–H groups in total. The van der Waals surface area contributed by atoms with E-state index in [2.05, 4.69) is 16.5 Å². The lowest BCUT2D eigenvalue weighted by Crippen LogP contribution is -2.56. The van der Waals surface area contributed by atoms with Gasteiger partial charge in [-0.2, -0.15) is 0 Å². The highest BCUT2D eigenvalue weighted by Gasteiger charge is 2.44. The number of hydrogen-bond acceptors (Lipinski definition) is 6. The molecular weight excluding hydrogens is 379 g/mol. The molecular formula is C17H20ClFN4O2S. The minimum Gasteiger partial charge on any atom is -0.349 e. The van der Waals surface area contributed by atoms with Gasteiger partial charge in [0.2, 0.25) is 0 Å². The number of halogens is 2. The first-order chi connectivity index (χ1) is 12.1. The van der Waals surface area contributed by atoms with Crippen molar-refractivity contribution in [3.05, 3.63) is 34.4 Å². The average Bonchev–Trinajstić information content (AvgIpc) is 2.64. The molecule has 0 aliphatic carbocycles. The number of piperazine rings is 1. The van der Waals surface area contributed by atoms with E-state index in [9.17, 15) is 8.42 Å². The van der Waals surface area contributed by atoms with Crippen LogP contribution in [0.15, 0.2) is 22.3 Å². The molecule has 1 atom stereocenters. The predicted molar refractivity (Wildman–Crippen MR) is 100 cm³/mol. The molecule has 26 heavy (non-hydrogen) atoms. The Hall–Kier alpha value is -1.64. The maximum atomic E-state index is 15.1. The summed E-state index contributed by atoms with van der Waals surface area (Å²) in [5.41, 5.74) is 0.848. The average molecular weight is 399 g/mol. The normalized spacial score (nSPS) is 24.7. The van der Waals surface area contributed by atoms with Gasteiger partial charge in [-0.3, -0.25) is 0 Å². The zero-order valence-corrected chi connectivity index (χ0v) is 16.5. The van der Waals surface area contributed by atoms with E-state index in [1.807, 2.05) is 11.9 Å². The monoisotopic (exact) mass is 398 g/mol. The Kier molecular flexibility index (Phi) is 3.88. The maximum Gasteiger partial charge on any atom is 0.184 e. The second-order valence-corrected chi connectivity index (χ2v) is 9.46. The molecule has 1 aromatic rings. The van der Waals surface area contributed by atoms with Crippen LogP contribution in [-0.2, 0) is 9.84 Å². The van der Waals surface area contributed by atoms with Gasteiger partial charge in [0.1, 0.15) is 22.4 Å². The van der Waals surface area contributed by atoms with Gasteiger partial charge in [-0.25, -0.2) is 17.8 Å². The van der Waals surface area contributed by atoms with Crippen molar-refractivity contribution in [2.45, 2.75) is 17.9 Å². The van der Waals surface area contributed by atoms with Crippen LogP contribution >= 0.6 is 11.6 Å². The number of anilines is 1. The van der Waals surface area contributed by atoms with Gasteiger partial charge >= 0.3 is 0 Å². The van der Waals surface area contributed by atoms with E-state index in [1.165, 1.54) is 6.92 Å². The zero-order valence-electron chi connectivity index (χ0n) is 14.9. The third kappa shape index (κ3) is 2.32. The Balaban J connectivity index is 2.11. The van der Waals surface area contributed by atoms with Crippen LogP contribution in [0.5, 0.6) is 0 Å². The first kappa shape index (κ1) is 17.8. The summed E-state index contributed by atoms with van der Waals surface area (Å²) < 4.78 is 41.4. The van der Waals surface area contributed by atoms with E-state index in [1.54, 1.807) is 11.9 Å². The van der Waals surface area contributed by atoms with Crippen molar-refractivity contribution in [2.24, 2.45) is 4.99 Å². The summed E-state index contributed by atoms with van der Waals surface area (Å²) in [6, 6.07) is -0.299. The molecule has 0 amide bonds. The molecule has 1 fully saturated rings. The Morgan fingerprint density at radius 1 is 1.31 bits per heavy atom. The fraction of sp³-hybridized carbons (Fsp3) is 0.471. The standard InChI is InChI=1S/C17H20ClFN4O2S/c1-9-13(18)15-12-16(14(9)19)26(24,25)8-11-7-21(3)5-6-23(11)17(12)20-10(2)22(15)4/h11H,2,5-8H2,1,3-4H3. The molecule has 3 heterocycles. The number of nitrogens with zero attached hydrogens (tertiary/aromatic N) is 4. The van der Waals surface area contributed by atoms with Crippen LogP contribution in [0.2, 0.25) is 5.02 Å². The first-order valence-electron chi connectivity index (χ1n) is 8.34. The zero-order chi connectivity index (χ0) is 19.0. The van der Waals surface area contributed by atoms with Crippen molar-refractivity contribution in [2.75, 3.05) is 44.4 Å². The first-order valence-corrected chi connectivity index (χ1v) is 10.4. The second-order valence-electron chi connectivity index (χ2n) is 7.11. The quantitative estimate of drug-likeness (QED) is 0.667. The van der Waals surface area contributed by atoms with Crippen LogP contribution < -0.4 is 4.90 Å². The lowest BCUT2D eigenvalue weighted by atomic mass is 10.0. The SMILES string of the molecule is C=C1N=C2c3c(c(Cl)c(C)c(F)c3S(=O)(=O)CC3CN(C)CCN23)N1C. The minimum absolute atomic E-state index is 0.127. The molecule has 0 saturated carbocycles. The summed E-state index contributed by atoms with van der Waals surface area (Å²) in [6.45, 7) is 7.40. The number of fused-ring (bicyclic) bond motifs is 2. The van der Waals surface area contributed by atoms with Gasteiger partial charge in [-0.15, -0.1) is 0 Å². The van der Waals surface area contributed by atoms with Gasteiger partial charge < -0.3 is 14.7 Å². The second kappa shape index (κ2) is 5.68. The van der Waals surface area contributed by atoms with Crippen LogP contribution in [0, 0.1) is 12.7 Å². The van der Waals surface area contributed by atoms with Gasteiger partial charge in [0.05, 0.1) is 28.1 Å². The van der Waals surface area contributed by atoms with Crippen LogP contribution in [-0.4, -0.2) is 69.6 Å². The number of amidine groups is 1. The number of rotatable bonds is 0. The molecule has 3 aliphatic heterocycles. The van der Waals surface area contributed by atoms with Crippen molar-refractivity contribution in [3.63, 3.8) is 0 Å². The lowest BCUT2D eigenvalue weighted by molar-refractivity contribution is 0.164. The van der Waals surface area contributed by atoms with Crippen LogP contribution in [0.25, 0.3) is 0 Å². The minimum atomic E-state index is -3.85. The summed E-state index contributed by atoms with van der Waals surface area (Å²) in [6.07, 6.45) is 0. The van der Waals surface area contributed by atoms with Crippen molar-refractivity contribution < 1.29 is 12.8 Å². The highest BCUT2D eigenvalue weighted by molar-refractivity contribution is 7.91. The Morgan fingerprint density at radius 2 is 2.00 bits per heavy atom. The Bertz CT molecular complexity index is 976. The molecule has 6 nitrogen and oxygen atoms in total. The third-order valence-corrected chi connectivity index (χ3v) is 7.68. The van der Waals surface area contributed by atoms with E-state index in [4.69, 9.17) is 11.6 Å². The summed E-state index contributed by atoms with van der Waals surface area (Å²) in [7, 11) is -0.196. The lowest BCUT2D eigenvalue weighted by Gasteiger charge is -2.42. The predicted octanol–water partition coefficient (Wildman–Crippen LogP) is 1.86. The van der Waals surface area contributed by atoms with Crippen molar-refractivity contribution >= 4 is 33.0 Å². The van der Waals surface area contributed by atoms with E-state index in [0.29, 0.717) is 30.4 Å². The van der Waals surface area contributed by atoms with Crippen LogP contribution in [0.3, 0.4) is 0 Å². The molecule has 0 radical (unpaired) electrons. The number of hydrogen-bond donors (Lipinski definition) is 0. The van der Waals surface area contributed by atoms with Gasteiger partial charge in [-0.05, 0) is 14.0 Å². The van der Waals surface area contributed by atoms with Crippen molar-refractivity contribution in [1.82, 2.24) is 9.80 Å². The number of likely N-dealkylation sites (N-methyl/N-ethyl adjacent to an activating group) is 1. The van der Waals surface area contributed by atoms with Crippen molar-refractivity contribution in [1.29, 1.82) is 0 Å². The third-order valence-electron chi connectivity index (χ3n) is 5.39. The molecule has 140 valence electrons. The van der Waals surface area contributed by atoms with Gasteiger partial charge in [0, 0.05) is 32.2 Å². The van der Waals surface area contributed by atoms with Crippen molar-refractivity contribution in [3.8, 4) is 0 Å². The van der Waals surface area contributed by atoms with Crippen LogP contribution in [0.1, 0.15) is 11.1 Å². The summed E-state index contributed by atoms with van der Waals surface area (Å²) >= 11 is 6.44. The molecule has 3 aliphatic rings. The van der Waals surface area contributed by atoms with Gasteiger partial charge in [-0.1, -0.05) is 18.2 Å². The number of sulfone groups is 1. The molecule has 4 rings (SSSR count). The summed E-state index contributed by atoms with van der Waals surface area (Å²) in [5.74, 6) is -0.0336. The highest BCUT2D eigenvalue weighted by Crippen LogP contribution is 2.45. The summed E-state index contributed by atoms with van der Waals surface area (Å²) in [5, 5.41) is 0.195. The fourth-order valence-corrected chi connectivity index (χ4v) is 6.13. The smallest absolute Gasteiger partial charge is 0.184 e. The molecule has 0 aromatic heterocycles. The summed E-state index contributed by atoms with van der Waals surface area (Å²) in [4.78, 5) is 9.93. The molecule has 0 bridgehead atoms. The van der Waals surface area contributed by atoms with Gasteiger partial charge in [0.25, 0.3) is 0 Å². The molecule has 1 unspecified atom stereocenters. The molecule has 1 saturated heterocycles. The molecule has 9 heteroatoms. The Labute approximate surface area is 157 Å². The highest BCUT2D eigenvalue weighted by atomic mass is 35.5. The topological polar surface area (TPSA) is 56.2 Å². The van der Waals surface area contributed by atoms with E-state index in [0.717, 1.165) is 6.54 Å². The molecule has 0 spiro atoms. The van der Waals surface area contributed by atoms with Crippen LogP contribution in [0.4, 0.5) is 10.1 Å². The molecule has 1 aromatic carbocycles. The maximum absolute atomic E-state index is 15.1. The number of aliphatic imine (C=N–C) groups is 1. The van der Waals surface area contributed by atoms with Gasteiger partial charge in [0.15, 0.2) is 9.84 Å². The van der Waals surface area contributed by atoms with E-state index < -0.39 is 15.7 Å². The largest absolute Gasteiger partial charge is 0.349 e. The Morgan fingerprint density at radius 3 is 2.69 bits per heavy atom. The van der Waals surface area contributed by atoms with E-state index in [-0.39, 0.29) is 32.8 Å².